The third-order valence-electron chi connectivity index (χ3n) is 4.02. The van der Waals surface area contributed by atoms with Crippen LogP contribution in [0.2, 0.25) is 0 Å². The monoisotopic (exact) mass is 387 g/mol. The lowest BCUT2D eigenvalue weighted by atomic mass is 10.1. The van der Waals surface area contributed by atoms with Crippen molar-refractivity contribution in [2.75, 3.05) is 16.8 Å². The van der Waals surface area contributed by atoms with E-state index >= 15 is 0 Å². The van der Waals surface area contributed by atoms with Gasteiger partial charge in [-0.15, -0.1) is 0 Å². The average molecular weight is 388 g/mol. The molecule has 2 aromatic rings. The van der Waals surface area contributed by atoms with Gasteiger partial charge in [0.2, 0.25) is 11.8 Å². The van der Waals surface area contributed by atoms with E-state index in [0.717, 1.165) is 27.8 Å². The van der Waals surface area contributed by atoms with Gasteiger partial charge in [-0.3, -0.25) is 14.6 Å². The van der Waals surface area contributed by atoms with Crippen LogP contribution >= 0.6 is 15.9 Å². The number of anilines is 2. The van der Waals surface area contributed by atoms with Gasteiger partial charge in [-0.05, 0) is 42.7 Å². The number of nitrogens with zero attached hydrogens (tertiary/aromatic N) is 2. The number of carbonyl (C=O) groups is 2. The minimum absolute atomic E-state index is 0.0138. The number of benzene rings is 1. The highest BCUT2D eigenvalue weighted by Gasteiger charge is 2.26. The summed E-state index contributed by atoms with van der Waals surface area (Å²) in [5, 5.41) is 2.95. The molecule has 0 saturated heterocycles. The number of amides is 2. The van der Waals surface area contributed by atoms with Gasteiger partial charge in [-0.1, -0.05) is 22.0 Å². The topological polar surface area (TPSA) is 62.3 Å². The van der Waals surface area contributed by atoms with Crippen molar-refractivity contribution < 1.29 is 9.59 Å². The highest BCUT2D eigenvalue weighted by Crippen LogP contribution is 2.38. The first-order valence-electron chi connectivity index (χ1n) is 7.85. The molecule has 5 nitrogen and oxygen atoms in total. The van der Waals surface area contributed by atoms with E-state index in [9.17, 15) is 9.59 Å². The predicted molar refractivity (Wildman–Crippen MR) is 97.1 cm³/mol. The number of hydrogen-bond acceptors (Lipinski definition) is 3. The van der Waals surface area contributed by atoms with Gasteiger partial charge in [-0.25, -0.2) is 0 Å². The van der Waals surface area contributed by atoms with Gasteiger partial charge >= 0.3 is 0 Å². The summed E-state index contributed by atoms with van der Waals surface area (Å²) < 4.78 is 0.895. The SMILES string of the molecule is CC(=O)N1CCc2cc(Br)cc(NC(=O)CCc3ccccn3)c21. The molecule has 0 bridgehead atoms. The van der Waals surface area contributed by atoms with Gasteiger partial charge in [0, 0.05) is 36.3 Å². The van der Waals surface area contributed by atoms with Gasteiger partial charge in [0.1, 0.15) is 0 Å². The molecule has 0 atom stereocenters. The van der Waals surface area contributed by atoms with Crippen molar-refractivity contribution in [1.29, 1.82) is 0 Å². The first kappa shape index (κ1) is 16.6. The molecule has 24 heavy (non-hydrogen) atoms. The summed E-state index contributed by atoms with van der Waals surface area (Å²) in [6, 6.07) is 9.51. The lowest BCUT2D eigenvalue weighted by Gasteiger charge is -2.19. The largest absolute Gasteiger partial charge is 0.324 e. The molecule has 1 N–H and O–H groups in total. The number of aryl methyl sites for hydroxylation is 1. The van der Waals surface area contributed by atoms with Gasteiger partial charge in [0.15, 0.2) is 0 Å². The molecule has 0 fully saturated rings. The van der Waals surface area contributed by atoms with Crippen molar-refractivity contribution >= 4 is 39.1 Å². The first-order chi connectivity index (χ1) is 11.5. The number of fused-ring (bicyclic) bond motifs is 1. The third kappa shape index (κ3) is 3.64. The lowest BCUT2D eigenvalue weighted by Crippen LogP contribution is -2.27. The van der Waals surface area contributed by atoms with E-state index in [0.29, 0.717) is 25.1 Å². The van der Waals surface area contributed by atoms with Crippen molar-refractivity contribution in [1.82, 2.24) is 4.98 Å². The number of rotatable bonds is 4. The van der Waals surface area contributed by atoms with Crippen LogP contribution in [0.25, 0.3) is 0 Å². The van der Waals surface area contributed by atoms with E-state index < -0.39 is 0 Å². The number of hydrogen-bond donors (Lipinski definition) is 1. The second-order valence-electron chi connectivity index (χ2n) is 5.75. The molecule has 2 amide bonds. The molecular weight excluding hydrogens is 370 g/mol. The Morgan fingerprint density at radius 3 is 2.88 bits per heavy atom. The highest BCUT2D eigenvalue weighted by atomic mass is 79.9. The molecule has 0 radical (unpaired) electrons. The summed E-state index contributed by atoms with van der Waals surface area (Å²) in [7, 11) is 0. The van der Waals surface area contributed by atoms with Crippen molar-refractivity contribution in [3.05, 3.63) is 52.3 Å². The van der Waals surface area contributed by atoms with Crippen LogP contribution in [0.4, 0.5) is 11.4 Å². The number of carbonyl (C=O) groups excluding carboxylic acids is 2. The fourth-order valence-electron chi connectivity index (χ4n) is 2.92. The Hall–Kier alpha value is -2.21. The molecule has 0 spiro atoms. The van der Waals surface area contributed by atoms with E-state index in [2.05, 4.69) is 26.2 Å². The van der Waals surface area contributed by atoms with E-state index in [4.69, 9.17) is 0 Å². The minimum atomic E-state index is -0.0867. The van der Waals surface area contributed by atoms with Gasteiger partial charge in [0.25, 0.3) is 0 Å². The van der Waals surface area contributed by atoms with Crippen molar-refractivity contribution in [3.63, 3.8) is 0 Å². The lowest BCUT2D eigenvalue weighted by molar-refractivity contribution is -0.117. The molecule has 1 aromatic carbocycles. The van der Waals surface area contributed by atoms with Crippen LogP contribution in [-0.4, -0.2) is 23.3 Å². The van der Waals surface area contributed by atoms with Crippen LogP contribution in [0.5, 0.6) is 0 Å². The molecule has 3 rings (SSSR count). The van der Waals surface area contributed by atoms with E-state index in [1.54, 1.807) is 18.0 Å². The summed E-state index contributed by atoms with van der Waals surface area (Å²) in [5.41, 5.74) is 3.45. The van der Waals surface area contributed by atoms with Crippen LogP contribution in [0.15, 0.2) is 41.0 Å². The number of nitrogens with one attached hydrogen (secondary N) is 1. The maximum Gasteiger partial charge on any atom is 0.224 e. The maximum atomic E-state index is 12.3. The van der Waals surface area contributed by atoms with Crippen LogP contribution < -0.4 is 10.2 Å². The number of pyridine rings is 1. The van der Waals surface area contributed by atoms with Crippen LogP contribution in [-0.2, 0) is 22.4 Å². The maximum absolute atomic E-state index is 12.3. The zero-order valence-electron chi connectivity index (χ0n) is 13.4. The second kappa shape index (κ2) is 7.13. The normalized spacial score (nSPS) is 12.8. The quantitative estimate of drug-likeness (QED) is 0.874. The summed E-state index contributed by atoms with van der Waals surface area (Å²) in [6.07, 6.45) is 3.45. The minimum Gasteiger partial charge on any atom is -0.324 e. The van der Waals surface area contributed by atoms with Crippen molar-refractivity contribution in [2.45, 2.75) is 26.2 Å². The molecular formula is C18H18BrN3O2. The molecule has 1 aliphatic heterocycles. The molecule has 124 valence electrons. The summed E-state index contributed by atoms with van der Waals surface area (Å²) in [4.78, 5) is 30.1. The zero-order chi connectivity index (χ0) is 17.1. The van der Waals surface area contributed by atoms with Crippen molar-refractivity contribution in [3.8, 4) is 0 Å². The third-order valence-corrected chi connectivity index (χ3v) is 4.47. The Balaban J connectivity index is 1.75. The van der Waals surface area contributed by atoms with Gasteiger partial charge in [0.05, 0.1) is 11.4 Å². The standard InChI is InChI=1S/C18H18BrN3O2/c1-12(23)22-9-7-13-10-14(19)11-16(18(13)22)21-17(24)6-5-15-4-2-3-8-20-15/h2-4,8,10-11H,5-7,9H2,1H3,(H,21,24). The molecule has 2 heterocycles. The Bertz CT molecular complexity index is 777. The molecule has 1 aliphatic rings. The summed E-state index contributed by atoms with van der Waals surface area (Å²) >= 11 is 3.47. The Morgan fingerprint density at radius 2 is 2.17 bits per heavy atom. The molecule has 0 unspecified atom stereocenters. The molecule has 0 saturated carbocycles. The van der Waals surface area contributed by atoms with Crippen LogP contribution in [0.3, 0.4) is 0 Å². The molecule has 6 heteroatoms. The smallest absolute Gasteiger partial charge is 0.224 e. The molecule has 1 aromatic heterocycles. The fourth-order valence-corrected chi connectivity index (χ4v) is 3.42. The summed E-state index contributed by atoms with van der Waals surface area (Å²) in [5.74, 6) is -0.101. The van der Waals surface area contributed by atoms with Crippen LogP contribution in [0, 0.1) is 0 Å². The van der Waals surface area contributed by atoms with E-state index in [-0.39, 0.29) is 11.8 Å². The summed E-state index contributed by atoms with van der Waals surface area (Å²) in [6.45, 7) is 2.20. The first-order valence-corrected chi connectivity index (χ1v) is 8.64. The predicted octanol–water partition coefficient (Wildman–Crippen LogP) is 3.32. The van der Waals surface area contributed by atoms with Crippen molar-refractivity contribution in [2.24, 2.45) is 0 Å². The zero-order valence-corrected chi connectivity index (χ0v) is 15.0. The average Bonchev–Trinajstić information content (AvgIpc) is 2.98. The fraction of sp³-hybridized carbons (Fsp3) is 0.278. The van der Waals surface area contributed by atoms with Gasteiger partial charge in [-0.2, -0.15) is 0 Å². The van der Waals surface area contributed by atoms with Gasteiger partial charge < -0.3 is 10.2 Å². The molecule has 0 aliphatic carbocycles. The van der Waals surface area contributed by atoms with Crippen LogP contribution in [0.1, 0.15) is 24.6 Å². The Morgan fingerprint density at radius 1 is 1.33 bits per heavy atom. The Labute approximate surface area is 149 Å². The number of aromatic nitrogens is 1. The van der Waals surface area contributed by atoms with E-state index in [1.807, 2.05) is 30.3 Å². The second-order valence-corrected chi connectivity index (χ2v) is 6.67. The highest BCUT2D eigenvalue weighted by molar-refractivity contribution is 9.10. The Kier molecular flexibility index (Phi) is 4.94. The number of halogens is 1. The van der Waals surface area contributed by atoms with E-state index in [1.165, 1.54) is 0 Å².